The van der Waals surface area contributed by atoms with Crippen molar-refractivity contribution in [1.29, 1.82) is 0 Å². The zero-order valence-corrected chi connectivity index (χ0v) is 17.9. The van der Waals surface area contributed by atoms with E-state index in [4.69, 9.17) is 0 Å². The minimum atomic E-state index is -0.0711. The molecule has 0 aliphatic rings. The van der Waals surface area contributed by atoms with Crippen LogP contribution < -0.4 is 74.0 Å². The van der Waals surface area contributed by atoms with Crippen LogP contribution in [0.1, 0.15) is 52.7 Å². The molecule has 1 aromatic carbocycles. The van der Waals surface area contributed by atoms with Crippen LogP contribution in [-0.4, -0.2) is 0 Å². The van der Waals surface area contributed by atoms with E-state index in [1.807, 2.05) is 6.07 Å². The van der Waals surface area contributed by atoms with Crippen molar-refractivity contribution >= 4 is 0 Å². The van der Waals surface area contributed by atoms with Gasteiger partial charge in [0, 0.05) is 0 Å². The van der Waals surface area contributed by atoms with Crippen molar-refractivity contribution in [3.63, 3.8) is 0 Å². The van der Waals surface area contributed by atoms with Gasteiger partial charge < -0.3 is 5.11 Å². The molecule has 0 radical (unpaired) electrons. The molecule has 0 fully saturated rings. The summed E-state index contributed by atoms with van der Waals surface area (Å²) in [5, 5.41) is 11.7. The van der Waals surface area contributed by atoms with Gasteiger partial charge in [0.1, 0.15) is 0 Å². The summed E-state index contributed by atoms with van der Waals surface area (Å²) in [7, 11) is 0. The van der Waals surface area contributed by atoms with Gasteiger partial charge in [-0.15, -0.1) is 5.75 Å². The fraction of sp³-hybridized carbons (Fsp3) is 0.571. The van der Waals surface area contributed by atoms with Gasteiger partial charge in [-0.2, -0.15) is 0 Å². The molecule has 0 amide bonds. The van der Waals surface area contributed by atoms with E-state index in [0.29, 0.717) is 0 Å². The second-order valence-electron chi connectivity index (χ2n) is 6.21. The normalized spacial score (nSPS) is 12.1. The number of benzene rings is 1. The Morgan fingerprint density at radius 1 is 0.875 bits per heavy atom. The second-order valence-corrected chi connectivity index (χ2v) is 6.21. The van der Waals surface area contributed by atoms with Crippen LogP contribution in [0.25, 0.3) is 0 Å². The predicted octanol–water partition coefficient (Wildman–Crippen LogP) is 0.359. The summed E-state index contributed by atoms with van der Waals surface area (Å²) < 4.78 is 0. The zero-order chi connectivity index (χ0) is 11.9. The van der Waals surface area contributed by atoms with E-state index in [1.165, 1.54) is 5.56 Å². The summed E-state index contributed by atoms with van der Waals surface area (Å²) in [5.41, 5.74) is 2.17. The molecule has 1 rings (SSSR count). The van der Waals surface area contributed by atoms with Gasteiger partial charge >= 0.3 is 68.9 Å². The molecular weight excluding hydrogens is 317 g/mol. The van der Waals surface area contributed by atoms with Gasteiger partial charge in [-0.25, -0.2) is 0 Å². The third kappa shape index (κ3) is 4.39. The van der Waals surface area contributed by atoms with Gasteiger partial charge in [0.2, 0.25) is 0 Å². The van der Waals surface area contributed by atoms with E-state index in [2.05, 4.69) is 47.6 Å². The average Bonchev–Trinajstić information content (AvgIpc) is 2.00. The van der Waals surface area contributed by atoms with Crippen molar-refractivity contribution in [2.75, 3.05) is 0 Å². The SMILES string of the molecule is CC(C)(C)c1ccc([O-])c(C(C)(C)C)c1.[Cs+]. The summed E-state index contributed by atoms with van der Waals surface area (Å²) in [6.45, 7) is 12.7. The summed E-state index contributed by atoms with van der Waals surface area (Å²) in [6.07, 6.45) is 0. The molecule has 0 atom stereocenters. The van der Waals surface area contributed by atoms with E-state index in [0.717, 1.165) is 5.56 Å². The number of rotatable bonds is 0. The second kappa shape index (κ2) is 5.81. The molecule has 0 N–H and O–H groups in total. The van der Waals surface area contributed by atoms with Crippen LogP contribution >= 0.6 is 0 Å². The Morgan fingerprint density at radius 2 is 1.38 bits per heavy atom. The molecule has 0 aliphatic carbocycles. The summed E-state index contributed by atoms with van der Waals surface area (Å²) in [5.74, 6) is 0.149. The maximum Gasteiger partial charge on any atom is 1.00 e. The third-order valence-corrected chi connectivity index (χ3v) is 2.65. The number of hydrogen-bond acceptors (Lipinski definition) is 1. The molecule has 84 valence electrons. The monoisotopic (exact) mass is 338 g/mol. The standard InChI is InChI=1S/C14H22O.Cs/c1-13(2,3)10-7-8-12(15)11(9-10)14(4,5)6;/h7-9,15H,1-6H3;/q;+1/p-1. The summed E-state index contributed by atoms with van der Waals surface area (Å²) in [6, 6.07) is 5.70. The van der Waals surface area contributed by atoms with Crippen molar-refractivity contribution in [3.05, 3.63) is 29.3 Å². The van der Waals surface area contributed by atoms with Crippen LogP contribution in [0.15, 0.2) is 18.2 Å². The summed E-state index contributed by atoms with van der Waals surface area (Å²) >= 11 is 0. The van der Waals surface area contributed by atoms with Gasteiger partial charge in [-0.05, 0) is 16.4 Å². The fourth-order valence-corrected chi connectivity index (χ4v) is 1.58. The molecule has 0 heterocycles. The molecule has 0 saturated heterocycles. The minimum Gasteiger partial charge on any atom is -0.872 e. The Morgan fingerprint density at radius 3 is 1.75 bits per heavy atom. The van der Waals surface area contributed by atoms with Gasteiger partial charge in [0.25, 0.3) is 0 Å². The first-order chi connectivity index (χ1) is 6.62. The number of hydrogen-bond donors (Lipinski definition) is 0. The van der Waals surface area contributed by atoms with Crippen LogP contribution in [0.5, 0.6) is 5.75 Å². The molecule has 0 aromatic heterocycles. The van der Waals surface area contributed by atoms with Crippen molar-refractivity contribution < 1.29 is 74.0 Å². The molecule has 1 nitrogen and oxygen atoms in total. The van der Waals surface area contributed by atoms with Crippen molar-refractivity contribution in [1.82, 2.24) is 0 Å². The van der Waals surface area contributed by atoms with Crippen molar-refractivity contribution in [3.8, 4) is 5.75 Å². The molecule has 0 unspecified atom stereocenters. The zero-order valence-electron chi connectivity index (χ0n) is 11.6. The van der Waals surface area contributed by atoms with Gasteiger partial charge in [0.05, 0.1) is 0 Å². The van der Waals surface area contributed by atoms with Crippen molar-refractivity contribution in [2.45, 2.75) is 52.4 Å². The summed E-state index contributed by atoms with van der Waals surface area (Å²) in [4.78, 5) is 0. The first kappa shape index (κ1) is 17.1. The van der Waals surface area contributed by atoms with Gasteiger partial charge in [0.15, 0.2) is 0 Å². The van der Waals surface area contributed by atoms with Crippen LogP contribution in [0.4, 0.5) is 0 Å². The molecule has 0 bridgehead atoms. The molecule has 1 aromatic rings. The van der Waals surface area contributed by atoms with E-state index < -0.39 is 0 Å². The topological polar surface area (TPSA) is 23.1 Å². The smallest absolute Gasteiger partial charge is 0.872 e. The molecule has 16 heavy (non-hydrogen) atoms. The Kier molecular flexibility index (Phi) is 6.20. The van der Waals surface area contributed by atoms with Crippen LogP contribution in [0, 0.1) is 0 Å². The minimum absolute atomic E-state index is 0. The molecule has 0 spiro atoms. The first-order valence-corrected chi connectivity index (χ1v) is 5.44. The molecule has 2 heteroatoms. The third-order valence-electron chi connectivity index (χ3n) is 2.65. The Balaban J connectivity index is 0.00000225. The molecule has 0 aliphatic heterocycles. The Labute approximate surface area is 158 Å². The van der Waals surface area contributed by atoms with Crippen LogP contribution in [-0.2, 0) is 10.8 Å². The van der Waals surface area contributed by atoms with Crippen molar-refractivity contribution in [2.24, 2.45) is 0 Å². The maximum atomic E-state index is 11.7. The van der Waals surface area contributed by atoms with Crippen LogP contribution in [0.2, 0.25) is 0 Å². The van der Waals surface area contributed by atoms with E-state index in [9.17, 15) is 5.11 Å². The largest absolute Gasteiger partial charge is 1.00 e. The van der Waals surface area contributed by atoms with Crippen LogP contribution in [0.3, 0.4) is 0 Å². The Bertz CT molecular complexity index is 356. The first-order valence-electron chi connectivity index (χ1n) is 5.44. The van der Waals surface area contributed by atoms with Gasteiger partial charge in [-0.3, -0.25) is 0 Å². The Hall–Kier alpha value is 1.07. The molecular formula is C14H21CsO. The quantitative estimate of drug-likeness (QED) is 0.670. The molecule has 0 saturated carbocycles. The van der Waals surface area contributed by atoms with E-state index >= 15 is 0 Å². The van der Waals surface area contributed by atoms with E-state index in [1.54, 1.807) is 6.07 Å². The van der Waals surface area contributed by atoms with E-state index in [-0.39, 0.29) is 85.5 Å². The fourth-order valence-electron chi connectivity index (χ4n) is 1.58. The maximum absolute atomic E-state index is 11.7. The average molecular weight is 338 g/mol. The van der Waals surface area contributed by atoms with Gasteiger partial charge in [-0.1, -0.05) is 65.3 Å². The predicted molar refractivity (Wildman–Crippen MR) is 63.3 cm³/mol.